The molecular formula is C14H13ClN2O2. The van der Waals surface area contributed by atoms with Crippen LogP contribution < -0.4 is 5.56 Å². The van der Waals surface area contributed by atoms with Gasteiger partial charge in [-0.25, -0.2) is 0 Å². The van der Waals surface area contributed by atoms with Crippen LogP contribution in [0.2, 0.25) is 5.02 Å². The zero-order chi connectivity index (χ0) is 13.4. The standard InChI is InChI=1S/C14H13ClN2O2/c15-10-7-2-1-6-9(10)11-13(18)16-12(17-14(11)19)8-4-3-5-8/h1-2,6-8H,3-5H2,(H2,16,17,18,19). The van der Waals surface area contributed by atoms with E-state index in [1.54, 1.807) is 24.3 Å². The number of rotatable bonds is 2. The van der Waals surface area contributed by atoms with Gasteiger partial charge < -0.3 is 10.1 Å². The van der Waals surface area contributed by atoms with Crippen molar-refractivity contribution >= 4 is 11.6 Å². The Bertz CT molecular complexity index is 677. The number of aromatic nitrogens is 2. The molecule has 19 heavy (non-hydrogen) atoms. The van der Waals surface area contributed by atoms with Crippen molar-refractivity contribution < 1.29 is 5.11 Å². The molecule has 1 fully saturated rings. The first kappa shape index (κ1) is 12.2. The van der Waals surface area contributed by atoms with E-state index in [9.17, 15) is 9.90 Å². The number of benzene rings is 1. The lowest BCUT2D eigenvalue weighted by Crippen LogP contribution is -2.20. The molecule has 5 heteroatoms. The van der Waals surface area contributed by atoms with Crippen molar-refractivity contribution in [1.82, 2.24) is 9.97 Å². The van der Waals surface area contributed by atoms with Crippen molar-refractivity contribution in [2.24, 2.45) is 0 Å². The molecule has 1 saturated carbocycles. The van der Waals surface area contributed by atoms with Crippen molar-refractivity contribution in [3.05, 3.63) is 45.5 Å². The fourth-order valence-electron chi connectivity index (χ4n) is 2.26. The van der Waals surface area contributed by atoms with Gasteiger partial charge in [-0.15, -0.1) is 0 Å². The average Bonchev–Trinajstić information content (AvgIpc) is 2.28. The van der Waals surface area contributed by atoms with Crippen molar-refractivity contribution in [1.29, 1.82) is 0 Å². The van der Waals surface area contributed by atoms with Gasteiger partial charge >= 0.3 is 0 Å². The number of nitrogens with one attached hydrogen (secondary N) is 1. The summed E-state index contributed by atoms with van der Waals surface area (Å²) in [6, 6.07) is 6.90. The highest BCUT2D eigenvalue weighted by molar-refractivity contribution is 6.33. The van der Waals surface area contributed by atoms with Crippen LogP contribution in [0.5, 0.6) is 5.88 Å². The number of hydrogen-bond donors (Lipinski definition) is 2. The molecule has 0 saturated heterocycles. The van der Waals surface area contributed by atoms with Gasteiger partial charge in [0.2, 0.25) is 5.88 Å². The Balaban J connectivity index is 2.12. The molecule has 0 atom stereocenters. The van der Waals surface area contributed by atoms with Crippen molar-refractivity contribution in [3.63, 3.8) is 0 Å². The van der Waals surface area contributed by atoms with Crippen LogP contribution in [0.4, 0.5) is 0 Å². The maximum Gasteiger partial charge on any atom is 0.262 e. The fraction of sp³-hybridized carbons (Fsp3) is 0.286. The summed E-state index contributed by atoms with van der Waals surface area (Å²) in [6.45, 7) is 0. The van der Waals surface area contributed by atoms with Gasteiger partial charge in [-0.05, 0) is 18.9 Å². The first-order valence-corrected chi connectivity index (χ1v) is 6.62. The molecule has 1 heterocycles. The molecule has 0 unspecified atom stereocenters. The minimum atomic E-state index is -0.345. The highest BCUT2D eigenvalue weighted by Crippen LogP contribution is 2.36. The second kappa shape index (κ2) is 4.70. The smallest absolute Gasteiger partial charge is 0.262 e. The van der Waals surface area contributed by atoms with E-state index in [0.29, 0.717) is 16.4 Å². The molecule has 1 aromatic heterocycles. The lowest BCUT2D eigenvalue weighted by Gasteiger charge is -2.24. The zero-order valence-corrected chi connectivity index (χ0v) is 10.9. The normalized spacial score (nSPS) is 15.2. The van der Waals surface area contributed by atoms with E-state index in [1.165, 1.54) is 0 Å². The lowest BCUT2D eigenvalue weighted by molar-refractivity contribution is 0.387. The van der Waals surface area contributed by atoms with E-state index in [-0.39, 0.29) is 22.9 Å². The minimum Gasteiger partial charge on any atom is -0.493 e. The number of H-pyrrole nitrogens is 1. The summed E-state index contributed by atoms with van der Waals surface area (Å²) in [6.07, 6.45) is 3.16. The molecule has 1 aromatic carbocycles. The number of nitrogens with zero attached hydrogens (tertiary/aromatic N) is 1. The van der Waals surface area contributed by atoms with E-state index in [0.717, 1.165) is 19.3 Å². The van der Waals surface area contributed by atoms with E-state index in [2.05, 4.69) is 9.97 Å². The van der Waals surface area contributed by atoms with Gasteiger partial charge in [0.1, 0.15) is 11.4 Å². The predicted octanol–water partition coefficient (Wildman–Crippen LogP) is 3.06. The monoisotopic (exact) mass is 276 g/mol. The largest absolute Gasteiger partial charge is 0.493 e. The lowest BCUT2D eigenvalue weighted by atomic mass is 9.85. The van der Waals surface area contributed by atoms with E-state index >= 15 is 0 Å². The predicted molar refractivity (Wildman–Crippen MR) is 73.6 cm³/mol. The molecule has 1 aliphatic rings. The van der Waals surface area contributed by atoms with E-state index in [4.69, 9.17) is 11.6 Å². The summed E-state index contributed by atoms with van der Waals surface area (Å²) < 4.78 is 0. The second-order valence-electron chi connectivity index (χ2n) is 4.76. The quantitative estimate of drug-likeness (QED) is 0.886. The molecule has 0 radical (unpaired) electrons. The van der Waals surface area contributed by atoms with Crippen LogP contribution in [0.3, 0.4) is 0 Å². The average molecular weight is 277 g/mol. The van der Waals surface area contributed by atoms with Gasteiger partial charge in [0.05, 0.1) is 0 Å². The molecular weight excluding hydrogens is 264 g/mol. The summed E-state index contributed by atoms with van der Waals surface area (Å²) in [4.78, 5) is 19.0. The van der Waals surface area contributed by atoms with Crippen LogP contribution in [0.15, 0.2) is 29.1 Å². The molecule has 2 aromatic rings. The summed E-state index contributed by atoms with van der Waals surface area (Å²) in [5, 5.41) is 10.4. The minimum absolute atomic E-state index is 0.133. The van der Waals surface area contributed by atoms with E-state index < -0.39 is 0 Å². The van der Waals surface area contributed by atoms with Crippen LogP contribution in [-0.4, -0.2) is 15.1 Å². The van der Waals surface area contributed by atoms with Gasteiger partial charge in [-0.3, -0.25) is 4.79 Å². The number of aromatic hydroxyl groups is 1. The van der Waals surface area contributed by atoms with Crippen molar-refractivity contribution in [3.8, 4) is 17.0 Å². The molecule has 4 nitrogen and oxygen atoms in total. The Morgan fingerprint density at radius 1 is 1.32 bits per heavy atom. The molecule has 0 bridgehead atoms. The first-order chi connectivity index (χ1) is 9.16. The Morgan fingerprint density at radius 2 is 2.05 bits per heavy atom. The number of halogens is 1. The van der Waals surface area contributed by atoms with Crippen LogP contribution in [-0.2, 0) is 0 Å². The molecule has 0 aliphatic heterocycles. The van der Waals surface area contributed by atoms with Crippen molar-refractivity contribution in [2.45, 2.75) is 25.2 Å². The number of hydrogen-bond acceptors (Lipinski definition) is 3. The van der Waals surface area contributed by atoms with E-state index in [1.807, 2.05) is 0 Å². The second-order valence-corrected chi connectivity index (χ2v) is 5.16. The van der Waals surface area contributed by atoms with Crippen LogP contribution in [0.25, 0.3) is 11.1 Å². The maximum atomic E-state index is 12.1. The topological polar surface area (TPSA) is 66.0 Å². The van der Waals surface area contributed by atoms with Gasteiger partial charge in [0.15, 0.2) is 0 Å². The fourth-order valence-corrected chi connectivity index (χ4v) is 2.49. The summed E-state index contributed by atoms with van der Waals surface area (Å²) in [5.41, 5.74) is 0.284. The third-order valence-electron chi connectivity index (χ3n) is 3.55. The Labute approximate surface area is 115 Å². The summed E-state index contributed by atoms with van der Waals surface area (Å²) in [7, 11) is 0. The van der Waals surface area contributed by atoms with Gasteiger partial charge in [0.25, 0.3) is 5.56 Å². The maximum absolute atomic E-state index is 12.1. The van der Waals surface area contributed by atoms with Gasteiger partial charge in [-0.1, -0.05) is 36.2 Å². The van der Waals surface area contributed by atoms with Crippen LogP contribution in [0.1, 0.15) is 31.0 Å². The number of aromatic amines is 1. The SMILES string of the molecule is O=c1[nH]c(C2CCC2)nc(O)c1-c1ccccc1Cl. The molecule has 2 N–H and O–H groups in total. The van der Waals surface area contributed by atoms with Crippen LogP contribution in [0, 0.1) is 0 Å². The summed E-state index contributed by atoms with van der Waals surface area (Å²) >= 11 is 6.05. The highest BCUT2D eigenvalue weighted by Gasteiger charge is 2.24. The molecule has 1 aliphatic carbocycles. The molecule has 0 spiro atoms. The third kappa shape index (κ3) is 2.12. The first-order valence-electron chi connectivity index (χ1n) is 6.25. The van der Waals surface area contributed by atoms with Crippen molar-refractivity contribution in [2.75, 3.05) is 0 Å². The Kier molecular flexibility index (Phi) is 3.03. The van der Waals surface area contributed by atoms with Gasteiger partial charge in [0, 0.05) is 16.5 Å². The zero-order valence-electron chi connectivity index (χ0n) is 10.2. The molecule has 3 rings (SSSR count). The Morgan fingerprint density at radius 3 is 2.63 bits per heavy atom. The molecule has 98 valence electrons. The summed E-state index contributed by atoms with van der Waals surface area (Å²) in [5.74, 6) is 0.585. The Hall–Kier alpha value is -1.81. The molecule has 0 amide bonds. The van der Waals surface area contributed by atoms with Gasteiger partial charge in [-0.2, -0.15) is 4.98 Å². The van der Waals surface area contributed by atoms with Crippen LogP contribution >= 0.6 is 11.6 Å². The highest BCUT2D eigenvalue weighted by atomic mass is 35.5. The third-order valence-corrected chi connectivity index (χ3v) is 3.88.